The first kappa shape index (κ1) is 26.8. The Morgan fingerprint density at radius 2 is 1.51 bits per heavy atom. The highest BCUT2D eigenvalue weighted by atomic mass is 35.5. The van der Waals surface area contributed by atoms with Gasteiger partial charge >= 0.3 is 0 Å². The van der Waals surface area contributed by atoms with Crippen LogP contribution in [0.2, 0.25) is 5.02 Å². The van der Waals surface area contributed by atoms with Crippen molar-refractivity contribution in [2.75, 3.05) is 5.75 Å². The molecule has 0 bridgehead atoms. The molecule has 184 valence electrons. The Hall–Kier alpha value is -2.76. The maximum atomic E-state index is 13.6. The van der Waals surface area contributed by atoms with Gasteiger partial charge in [0.15, 0.2) is 0 Å². The number of benzene rings is 3. The Morgan fingerprint density at radius 1 is 0.886 bits per heavy atom. The molecule has 35 heavy (non-hydrogen) atoms. The lowest BCUT2D eigenvalue weighted by Gasteiger charge is -2.32. The summed E-state index contributed by atoms with van der Waals surface area (Å²) in [6.45, 7) is 6.26. The van der Waals surface area contributed by atoms with E-state index in [1.165, 1.54) is 11.1 Å². The van der Waals surface area contributed by atoms with Crippen LogP contribution in [0, 0.1) is 6.92 Å². The number of aryl methyl sites for hydroxylation is 1. The molecule has 0 heterocycles. The number of amides is 2. The summed E-state index contributed by atoms with van der Waals surface area (Å²) >= 11 is 7.64. The second kappa shape index (κ2) is 13.4. The van der Waals surface area contributed by atoms with E-state index in [0.717, 1.165) is 16.9 Å². The molecule has 2 amide bonds. The van der Waals surface area contributed by atoms with Crippen LogP contribution in [0.5, 0.6) is 0 Å². The van der Waals surface area contributed by atoms with Gasteiger partial charge in [-0.3, -0.25) is 9.59 Å². The summed E-state index contributed by atoms with van der Waals surface area (Å²) in [5, 5.41) is 3.66. The summed E-state index contributed by atoms with van der Waals surface area (Å²) in [5.41, 5.74) is 4.33. The van der Waals surface area contributed by atoms with Crippen LogP contribution in [-0.2, 0) is 28.3 Å². The van der Waals surface area contributed by atoms with Crippen LogP contribution in [0.15, 0.2) is 78.9 Å². The highest BCUT2D eigenvalue weighted by Gasteiger charge is 2.30. The molecule has 6 heteroatoms. The molecule has 0 spiro atoms. The van der Waals surface area contributed by atoms with Crippen LogP contribution >= 0.6 is 23.4 Å². The number of nitrogens with zero attached hydrogens (tertiary/aromatic N) is 1. The zero-order valence-corrected chi connectivity index (χ0v) is 22.1. The zero-order valence-electron chi connectivity index (χ0n) is 20.5. The highest BCUT2D eigenvalue weighted by Crippen LogP contribution is 2.20. The zero-order chi connectivity index (χ0) is 25.2. The molecule has 1 unspecified atom stereocenters. The lowest BCUT2D eigenvalue weighted by atomic mass is 10.0. The van der Waals surface area contributed by atoms with Gasteiger partial charge in [-0.25, -0.2) is 0 Å². The van der Waals surface area contributed by atoms with E-state index in [9.17, 15) is 9.59 Å². The summed E-state index contributed by atoms with van der Waals surface area (Å²) in [6, 6.07) is 25.0. The van der Waals surface area contributed by atoms with E-state index >= 15 is 0 Å². The maximum Gasteiger partial charge on any atom is 0.243 e. The molecule has 3 rings (SSSR count). The maximum absolute atomic E-state index is 13.6. The molecule has 0 aliphatic rings. The molecule has 0 fully saturated rings. The van der Waals surface area contributed by atoms with Crippen molar-refractivity contribution in [3.8, 4) is 0 Å². The summed E-state index contributed by atoms with van der Waals surface area (Å²) in [5.74, 6) is 0.830. The van der Waals surface area contributed by atoms with Gasteiger partial charge in [-0.05, 0) is 49.6 Å². The number of hydrogen-bond acceptors (Lipinski definition) is 3. The highest BCUT2D eigenvalue weighted by molar-refractivity contribution is 7.99. The summed E-state index contributed by atoms with van der Waals surface area (Å²) in [4.78, 5) is 28.6. The molecule has 0 saturated carbocycles. The molecule has 0 radical (unpaired) electrons. The van der Waals surface area contributed by atoms with Crippen molar-refractivity contribution in [3.63, 3.8) is 0 Å². The van der Waals surface area contributed by atoms with Crippen LogP contribution in [0.1, 0.15) is 36.1 Å². The molecule has 0 saturated heterocycles. The van der Waals surface area contributed by atoms with Gasteiger partial charge in [0.25, 0.3) is 0 Å². The van der Waals surface area contributed by atoms with Gasteiger partial charge in [-0.2, -0.15) is 0 Å². The average Bonchev–Trinajstić information content (AvgIpc) is 2.84. The standard InChI is InChI=1S/C29H33ClN2O2S/c1-21(2)31-29(34)27(17-23-7-5-4-6-8-23)32(18-24-13-15-26(30)16-14-24)28(33)20-35-19-25-11-9-22(3)10-12-25/h4-16,21,27H,17-20H2,1-3H3,(H,31,34). The third-order valence-electron chi connectivity index (χ3n) is 5.58. The minimum absolute atomic E-state index is 0.0239. The number of thioether (sulfide) groups is 1. The fourth-order valence-corrected chi connectivity index (χ4v) is 4.74. The van der Waals surface area contributed by atoms with Gasteiger partial charge in [0.05, 0.1) is 5.75 Å². The van der Waals surface area contributed by atoms with Crippen molar-refractivity contribution < 1.29 is 9.59 Å². The molecule has 3 aromatic carbocycles. The number of hydrogen-bond donors (Lipinski definition) is 1. The van der Waals surface area contributed by atoms with Crippen molar-refractivity contribution >= 4 is 35.2 Å². The van der Waals surface area contributed by atoms with E-state index in [4.69, 9.17) is 11.6 Å². The number of carbonyl (C=O) groups is 2. The van der Waals surface area contributed by atoms with Crippen molar-refractivity contribution in [2.24, 2.45) is 0 Å². The van der Waals surface area contributed by atoms with Crippen molar-refractivity contribution in [2.45, 2.75) is 51.6 Å². The second-order valence-electron chi connectivity index (χ2n) is 9.00. The largest absolute Gasteiger partial charge is 0.352 e. The van der Waals surface area contributed by atoms with Gasteiger partial charge in [0.2, 0.25) is 11.8 Å². The van der Waals surface area contributed by atoms with Crippen LogP contribution in [0.3, 0.4) is 0 Å². The van der Waals surface area contributed by atoms with E-state index in [1.807, 2.05) is 68.4 Å². The first-order valence-corrected chi connectivity index (χ1v) is 13.4. The first-order chi connectivity index (χ1) is 16.8. The fourth-order valence-electron chi connectivity index (χ4n) is 3.74. The SMILES string of the molecule is Cc1ccc(CSCC(=O)N(Cc2ccc(Cl)cc2)C(Cc2ccccc2)C(=O)NC(C)C)cc1. The van der Waals surface area contributed by atoms with Crippen LogP contribution in [0.4, 0.5) is 0 Å². The molecular formula is C29H33ClN2O2S. The van der Waals surface area contributed by atoms with Gasteiger partial charge in [-0.15, -0.1) is 11.8 Å². The van der Waals surface area contributed by atoms with Crippen LogP contribution in [0.25, 0.3) is 0 Å². The normalized spacial score (nSPS) is 11.8. The minimum Gasteiger partial charge on any atom is -0.352 e. The molecule has 1 atom stereocenters. The quantitative estimate of drug-likeness (QED) is 0.343. The van der Waals surface area contributed by atoms with E-state index in [2.05, 4.69) is 36.5 Å². The van der Waals surface area contributed by atoms with E-state index in [-0.39, 0.29) is 17.9 Å². The topological polar surface area (TPSA) is 49.4 Å². The van der Waals surface area contributed by atoms with Gasteiger partial charge in [-0.1, -0.05) is 83.9 Å². The van der Waals surface area contributed by atoms with Crippen molar-refractivity contribution in [1.82, 2.24) is 10.2 Å². The van der Waals surface area contributed by atoms with E-state index < -0.39 is 6.04 Å². The Bertz CT molecular complexity index is 1090. The Morgan fingerprint density at radius 3 is 2.14 bits per heavy atom. The number of carbonyl (C=O) groups excluding carboxylic acids is 2. The molecule has 4 nitrogen and oxygen atoms in total. The molecule has 3 aromatic rings. The van der Waals surface area contributed by atoms with Gasteiger partial charge in [0, 0.05) is 29.8 Å². The Kier molecular flexibility index (Phi) is 10.2. The Labute approximate surface area is 218 Å². The van der Waals surface area contributed by atoms with E-state index in [0.29, 0.717) is 23.7 Å². The first-order valence-electron chi connectivity index (χ1n) is 11.8. The molecule has 1 N–H and O–H groups in total. The summed E-state index contributed by atoms with van der Waals surface area (Å²) < 4.78 is 0. The smallest absolute Gasteiger partial charge is 0.243 e. The fraction of sp³-hybridized carbons (Fsp3) is 0.310. The average molecular weight is 509 g/mol. The lowest BCUT2D eigenvalue weighted by Crippen LogP contribution is -2.52. The third kappa shape index (κ3) is 8.75. The third-order valence-corrected chi connectivity index (χ3v) is 6.82. The number of halogens is 1. The number of rotatable bonds is 11. The predicted octanol–water partition coefficient (Wildman–Crippen LogP) is 6.05. The molecule has 0 aromatic heterocycles. The molecular weight excluding hydrogens is 476 g/mol. The summed E-state index contributed by atoms with van der Waals surface area (Å²) in [6.07, 6.45) is 0.446. The molecule has 0 aliphatic heterocycles. The van der Waals surface area contributed by atoms with Gasteiger partial charge in [0.1, 0.15) is 6.04 Å². The van der Waals surface area contributed by atoms with Crippen molar-refractivity contribution in [1.29, 1.82) is 0 Å². The summed E-state index contributed by atoms with van der Waals surface area (Å²) in [7, 11) is 0. The predicted molar refractivity (Wildman–Crippen MR) is 147 cm³/mol. The minimum atomic E-state index is -0.622. The van der Waals surface area contributed by atoms with Crippen molar-refractivity contribution in [3.05, 3.63) is 106 Å². The van der Waals surface area contributed by atoms with Crippen LogP contribution < -0.4 is 5.32 Å². The monoisotopic (exact) mass is 508 g/mol. The van der Waals surface area contributed by atoms with Gasteiger partial charge < -0.3 is 10.2 Å². The van der Waals surface area contributed by atoms with Crippen LogP contribution in [-0.4, -0.2) is 34.6 Å². The Balaban J connectivity index is 1.83. The van der Waals surface area contributed by atoms with E-state index in [1.54, 1.807) is 16.7 Å². The number of nitrogens with one attached hydrogen (secondary N) is 1. The lowest BCUT2D eigenvalue weighted by molar-refractivity contribution is -0.139. The second-order valence-corrected chi connectivity index (χ2v) is 10.4. The molecule has 0 aliphatic carbocycles.